The number of fused-ring (bicyclic) bond motifs is 1. The van der Waals surface area contributed by atoms with E-state index in [0.717, 1.165) is 16.5 Å². The number of aliphatic hydroxyl groups excluding tert-OH is 1. The SMILES string of the molecule is CC(C)(C)OC(=O)NCC(=O)N[C@@H]1CCN(C(=O)OC(C)(C)C)[C@H](C(=O)N2C[C@H](NC(=O)[C@H](O)CCc3ccccc3)C[C@H]2C(=O)Nc2cnc3ccccc3c2)C1. The van der Waals surface area contributed by atoms with Crippen molar-refractivity contribution in [2.24, 2.45) is 0 Å². The van der Waals surface area contributed by atoms with Crippen LogP contribution in [0.4, 0.5) is 15.3 Å². The number of piperidine rings is 1. The van der Waals surface area contributed by atoms with Crippen LogP contribution in [0.5, 0.6) is 0 Å². The maximum Gasteiger partial charge on any atom is 0.410 e. The summed E-state index contributed by atoms with van der Waals surface area (Å²) in [6, 6.07) is 15.0. The van der Waals surface area contributed by atoms with Crippen molar-refractivity contribution in [2.75, 3.05) is 25.0 Å². The van der Waals surface area contributed by atoms with Gasteiger partial charge in [0, 0.05) is 30.6 Å². The number of hydrogen-bond donors (Lipinski definition) is 5. The van der Waals surface area contributed by atoms with Crippen LogP contribution in [0.3, 0.4) is 0 Å². The lowest BCUT2D eigenvalue weighted by molar-refractivity contribution is -0.143. The smallest absolute Gasteiger partial charge is 0.410 e. The van der Waals surface area contributed by atoms with E-state index in [1.165, 1.54) is 16.0 Å². The third-order valence-corrected chi connectivity index (χ3v) is 9.62. The van der Waals surface area contributed by atoms with Gasteiger partial charge in [-0.25, -0.2) is 9.59 Å². The molecule has 5 rings (SSSR count). The van der Waals surface area contributed by atoms with Crippen LogP contribution < -0.4 is 21.3 Å². The van der Waals surface area contributed by atoms with Crippen LogP contribution >= 0.6 is 0 Å². The van der Waals surface area contributed by atoms with Crippen molar-refractivity contribution in [3.63, 3.8) is 0 Å². The number of anilines is 1. The highest BCUT2D eigenvalue weighted by molar-refractivity contribution is 6.00. The molecule has 2 saturated heterocycles. The molecule has 16 heteroatoms. The maximum atomic E-state index is 14.8. The fraction of sp³-hybridized carbons (Fsp3) is 0.500. The number of aryl methyl sites for hydroxylation is 1. The lowest BCUT2D eigenvalue weighted by atomic mass is 9.95. The molecule has 2 aliphatic rings. The number of pyridine rings is 1. The molecule has 5 atom stereocenters. The molecule has 2 fully saturated rings. The normalized spacial score (nSPS) is 20.1. The predicted octanol–water partition coefficient (Wildman–Crippen LogP) is 3.66. The van der Waals surface area contributed by atoms with E-state index in [1.807, 2.05) is 54.6 Å². The molecule has 6 amide bonds. The second kappa shape index (κ2) is 18.7. The fourth-order valence-corrected chi connectivity index (χ4v) is 6.98. The minimum absolute atomic E-state index is 0.0192. The third-order valence-electron chi connectivity index (χ3n) is 9.62. The van der Waals surface area contributed by atoms with Crippen molar-refractivity contribution in [1.82, 2.24) is 30.7 Å². The first kappa shape index (κ1) is 43.4. The van der Waals surface area contributed by atoms with E-state index < -0.39 is 77.3 Å². The van der Waals surface area contributed by atoms with Gasteiger partial charge in [0.05, 0.1) is 17.4 Å². The number of para-hydroxylation sites is 1. The van der Waals surface area contributed by atoms with Crippen molar-refractivity contribution < 1.29 is 43.3 Å². The summed E-state index contributed by atoms with van der Waals surface area (Å²) in [6.45, 7) is 9.77. The fourth-order valence-electron chi connectivity index (χ4n) is 6.98. The molecule has 2 aromatic carbocycles. The number of hydrogen-bond acceptors (Lipinski definition) is 10. The van der Waals surface area contributed by atoms with Crippen LogP contribution in [-0.4, -0.2) is 117 Å². The van der Waals surface area contributed by atoms with E-state index in [-0.39, 0.29) is 45.3 Å². The summed E-state index contributed by atoms with van der Waals surface area (Å²) >= 11 is 0. The Bertz CT molecular complexity index is 1960. The Kier molecular flexibility index (Phi) is 13.9. The Balaban J connectivity index is 1.35. The number of aromatic nitrogens is 1. The molecule has 58 heavy (non-hydrogen) atoms. The van der Waals surface area contributed by atoms with Crippen LogP contribution in [0.2, 0.25) is 0 Å². The monoisotopic (exact) mass is 801 g/mol. The van der Waals surface area contributed by atoms with Gasteiger partial charge in [-0.3, -0.25) is 29.1 Å². The molecule has 3 aromatic rings. The summed E-state index contributed by atoms with van der Waals surface area (Å²) in [5, 5.41) is 22.5. The Labute approximate surface area is 338 Å². The van der Waals surface area contributed by atoms with E-state index in [4.69, 9.17) is 9.47 Å². The van der Waals surface area contributed by atoms with E-state index in [1.54, 1.807) is 47.6 Å². The van der Waals surface area contributed by atoms with Crippen LogP contribution in [0, 0.1) is 0 Å². The zero-order valence-corrected chi connectivity index (χ0v) is 33.9. The van der Waals surface area contributed by atoms with Gasteiger partial charge >= 0.3 is 12.2 Å². The highest BCUT2D eigenvalue weighted by atomic mass is 16.6. The summed E-state index contributed by atoms with van der Waals surface area (Å²) in [5.41, 5.74) is 0.444. The molecular formula is C42H55N7O9. The van der Waals surface area contributed by atoms with Crippen LogP contribution in [0.25, 0.3) is 10.9 Å². The molecule has 5 N–H and O–H groups in total. The minimum Gasteiger partial charge on any atom is -0.444 e. The number of rotatable bonds is 11. The van der Waals surface area contributed by atoms with Crippen molar-refractivity contribution in [3.8, 4) is 0 Å². The number of aliphatic hydroxyl groups is 1. The number of amides is 6. The zero-order valence-electron chi connectivity index (χ0n) is 33.9. The van der Waals surface area contributed by atoms with Crippen molar-refractivity contribution in [3.05, 3.63) is 72.4 Å². The molecular weight excluding hydrogens is 747 g/mol. The molecule has 0 saturated carbocycles. The van der Waals surface area contributed by atoms with E-state index in [9.17, 15) is 33.9 Å². The molecule has 3 heterocycles. The number of carbonyl (C=O) groups excluding carboxylic acids is 6. The third kappa shape index (κ3) is 12.4. The summed E-state index contributed by atoms with van der Waals surface area (Å²) in [6.07, 6.45) is -0.425. The summed E-state index contributed by atoms with van der Waals surface area (Å²) in [4.78, 5) is 87.9. The topological polar surface area (TPSA) is 209 Å². The van der Waals surface area contributed by atoms with E-state index in [0.29, 0.717) is 12.1 Å². The first-order valence-electron chi connectivity index (χ1n) is 19.6. The Hall–Kier alpha value is -5.77. The second-order valence-corrected chi connectivity index (χ2v) is 16.7. The largest absolute Gasteiger partial charge is 0.444 e. The first-order valence-corrected chi connectivity index (χ1v) is 19.6. The van der Waals surface area contributed by atoms with Gasteiger partial charge < -0.3 is 40.7 Å². The number of ether oxygens (including phenoxy) is 2. The number of nitrogens with one attached hydrogen (secondary N) is 4. The minimum atomic E-state index is -1.34. The average Bonchev–Trinajstić information content (AvgIpc) is 3.58. The number of likely N-dealkylation sites (tertiary alicyclic amines) is 2. The Morgan fingerprint density at radius 1 is 0.845 bits per heavy atom. The number of nitrogens with zero attached hydrogens (tertiary/aromatic N) is 3. The van der Waals surface area contributed by atoms with Gasteiger partial charge in [-0.15, -0.1) is 0 Å². The molecule has 0 unspecified atom stereocenters. The van der Waals surface area contributed by atoms with Gasteiger partial charge in [0.2, 0.25) is 23.6 Å². The van der Waals surface area contributed by atoms with Gasteiger partial charge in [-0.2, -0.15) is 0 Å². The van der Waals surface area contributed by atoms with Crippen LogP contribution in [0.1, 0.15) is 72.8 Å². The number of alkyl carbamates (subject to hydrolysis) is 1. The standard InChI is InChI=1S/C42H55N7O9/c1-41(2,3)57-39(55)44-24-35(51)45-28-18-19-48(40(56)58-42(4,5)6)33(21-28)38(54)49-25-30(47-37(53)34(50)17-16-26-12-8-7-9-13-26)22-32(49)36(52)46-29-20-27-14-10-11-15-31(27)43-23-29/h7-15,20,23,28,30,32-34,50H,16-19,21-22,24-25H2,1-6H3,(H,44,55)(H,45,51)(H,46,52)(H,47,53)/t28-,30-,32+,33+,34-/m1/s1. The Morgan fingerprint density at radius 3 is 2.22 bits per heavy atom. The maximum absolute atomic E-state index is 14.8. The molecule has 0 bridgehead atoms. The molecule has 0 spiro atoms. The molecule has 312 valence electrons. The van der Waals surface area contributed by atoms with Gasteiger partial charge in [-0.1, -0.05) is 48.5 Å². The highest BCUT2D eigenvalue weighted by Gasteiger charge is 2.47. The van der Waals surface area contributed by atoms with Gasteiger partial charge in [0.15, 0.2) is 0 Å². The Morgan fingerprint density at radius 2 is 1.52 bits per heavy atom. The molecule has 16 nitrogen and oxygen atoms in total. The van der Waals surface area contributed by atoms with Crippen LogP contribution in [0.15, 0.2) is 66.9 Å². The predicted molar refractivity (Wildman–Crippen MR) is 215 cm³/mol. The lowest BCUT2D eigenvalue weighted by Gasteiger charge is -2.41. The number of carbonyl (C=O) groups is 6. The van der Waals surface area contributed by atoms with E-state index in [2.05, 4.69) is 26.3 Å². The number of benzene rings is 2. The molecule has 2 aliphatic heterocycles. The quantitative estimate of drug-likeness (QED) is 0.190. The summed E-state index contributed by atoms with van der Waals surface area (Å²) in [5.74, 6) is -2.29. The van der Waals surface area contributed by atoms with Crippen LogP contribution in [-0.2, 0) is 35.1 Å². The average molecular weight is 802 g/mol. The zero-order chi connectivity index (χ0) is 42.2. The van der Waals surface area contributed by atoms with E-state index >= 15 is 0 Å². The lowest BCUT2D eigenvalue weighted by Crippen LogP contribution is -2.60. The summed E-state index contributed by atoms with van der Waals surface area (Å²) < 4.78 is 10.9. The highest BCUT2D eigenvalue weighted by Crippen LogP contribution is 2.28. The first-order chi connectivity index (χ1) is 27.3. The molecule has 1 aromatic heterocycles. The van der Waals surface area contributed by atoms with Crippen molar-refractivity contribution in [2.45, 2.75) is 115 Å². The second-order valence-electron chi connectivity index (χ2n) is 16.7. The molecule has 0 aliphatic carbocycles. The van der Waals surface area contributed by atoms with Gasteiger partial charge in [-0.05, 0) is 91.3 Å². The molecule has 0 radical (unpaired) electrons. The summed E-state index contributed by atoms with van der Waals surface area (Å²) in [7, 11) is 0. The van der Waals surface area contributed by atoms with Gasteiger partial charge in [0.1, 0.15) is 35.9 Å². The van der Waals surface area contributed by atoms with Crippen molar-refractivity contribution in [1.29, 1.82) is 0 Å². The van der Waals surface area contributed by atoms with Crippen molar-refractivity contribution >= 4 is 52.4 Å². The van der Waals surface area contributed by atoms with Gasteiger partial charge in [0.25, 0.3) is 0 Å².